The molecule has 6 nitrogen and oxygen atoms in total. The van der Waals surface area contributed by atoms with Crippen LogP contribution in [0, 0.1) is 0 Å². The molecule has 1 heterocycles. The van der Waals surface area contributed by atoms with Crippen LogP contribution in [0.4, 0.5) is 5.69 Å². The van der Waals surface area contributed by atoms with Crippen molar-refractivity contribution in [1.29, 1.82) is 0 Å². The molecule has 1 atom stereocenters. The lowest BCUT2D eigenvalue weighted by Gasteiger charge is -2.35. The predicted molar refractivity (Wildman–Crippen MR) is 108 cm³/mol. The summed E-state index contributed by atoms with van der Waals surface area (Å²) in [5.41, 5.74) is 3.58. The van der Waals surface area contributed by atoms with Gasteiger partial charge in [0.2, 0.25) is 5.91 Å². The van der Waals surface area contributed by atoms with Gasteiger partial charge in [-0.2, -0.15) is 0 Å². The first-order valence-electron chi connectivity index (χ1n) is 9.32. The molecule has 1 N–H and O–H groups in total. The maximum atomic E-state index is 12.6. The Balaban J connectivity index is 1.71. The van der Waals surface area contributed by atoms with Gasteiger partial charge in [-0.25, -0.2) is 0 Å². The maximum Gasteiger partial charge on any atom is 0.238 e. The first-order chi connectivity index (χ1) is 13.4. The summed E-state index contributed by atoms with van der Waals surface area (Å²) in [4.78, 5) is 26.2. The molecule has 3 rings (SSSR count). The van der Waals surface area contributed by atoms with Gasteiger partial charge in [-0.05, 0) is 55.7 Å². The van der Waals surface area contributed by atoms with Crippen molar-refractivity contribution in [1.82, 2.24) is 4.90 Å². The normalized spacial score (nSPS) is 16.2. The molecule has 2 aromatic rings. The van der Waals surface area contributed by atoms with Gasteiger partial charge < -0.3 is 14.8 Å². The molecule has 0 bridgehead atoms. The lowest BCUT2D eigenvalue weighted by molar-refractivity contribution is -0.117. The van der Waals surface area contributed by atoms with Crippen LogP contribution < -0.4 is 14.8 Å². The van der Waals surface area contributed by atoms with Gasteiger partial charge in [0.05, 0.1) is 20.8 Å². The number of benzene rings is 2. The fourth-order valence-electron chi connectivity index (χ4n) is 3.61. The average Bonchev–Trinajstić information content (AvgIpc) is 2.69. The molecule has 1 amide bonds. The Morgan fingerprint density at radius 3 is 2.54 bits per heavy atom. The van der Waals surface area contributed by atoms with Gasteiger partial charge in [-0.3, -0.25) is 14.5 Å². The van der Waals surface area contributed by atoms with Gasteiger partial charge in [0.15, 0.2) is 17.3 Å². The molecule has 0 saturated heterocycles. The number of anilines is 1. The molecule has 2 aromatic carbocycles. The summed E-state index contributed by atoms with van der Waals surface area (Å²) in [5.74, 6) is 1.30. The minimum atomic E-state index is -0.100. The molecular weight excluding hydrogens is 356 g/mol. The van der Waals surface area contributed by atoms with Gasteiger partial charge in [0, 0.05) is 23.8 Å². The lowest BCUT2D eigenvalue weighted by atomic mass is 9.93. The van der Waals surface area contributed by atoms with Crippen LogP contribution in [-0.2, 0) is 11.2 Å². The van der Waals surface area contributed by atoms with Crippen LogP contribution in [0.1, 0.15) is 41.4 Å². The Kier molecular flexibility index (Phi) is 5.99. The largest absolute Gasteiger partial charge is 0.493 e. The van der Waals surface area contributed by atoms with Crippen LogP contribution in [0.25, 0.3) is 0 Å². The highest BCUT2D eigenvalue weighted by atomic mass is 16.5. The van der Waals surface area contributed by atoms with E-state index in [0.29, 0.717) is 17.0 Å². The van der Waals surface area contributed by atoms with E-state index in [2.05, 4.69) is 17.1 Å². The van der Waals surface area contributed by atoms with Crippen LogP contribution in [-0.4, -0.2) is 43.9 Å². The summed E-state index contributed by atoms with van der Waals surface area (Å²) >= 11 is 0. The van der Waals surface area contributed by atoms with E-state index in [9.17, 15) is 9.59 Å². The number of nitrogens with zero attached hydrogens (tertiary/aromatic N) is 1. The summed E-state index contributed by atoms with van der Waals surface area (Å²) in [7, 11) is 3.26. The molecule has 6 heteroatoms. The van der Waals surface area contributed by atoms with E-state index in [0.717, 1.165) is 24.3 Å². The number of carbonyl (C=O) groups is 2. The number of hydrogen-bond acceptors (Lipinski definition) is 5. The van der Waals surface area contributed by atoms with Gasteiger partial charge in [-0.15, -0.1) is 0 Å². The van der Waals surface area contributed by atoms with Gasteiger partial charge in [-0.1, -0.05) is 12.1 Å². The van der Waals surface area contributed by atoms with Crippen molar-refractivity contribution in [2.45, 2.75) is 26.3 Å². The molecule has 148 valence electrons. The highest BCUT2D eigenvalue weighted by Gasteiger charge is 2.27. The molecule has 1 aliphatic rings. The Hall–Kier alpha value is -2.86. The van der Waals surface area contributed by atoms with E-state index in [1.807, 2.05) is 12.1 Å². The predicted octanol–water partition coefficient (Wildman–Crippen LogP) is 3.46. The number of carbonyl (C=O) groups excluding carboxylic acids is 2. The van der Waals surface area contributed by atoms with Crippen molar-refractivity contribution >= 4 is 17.4 Å². The van der Waals surface area contributed by atoms with Crippen LogP contribution in [0.3, 0.4) is 0 Å². The second kappa shape index (κ2) is 8.44. The zero-order valence-corrected chi connectivity index (χ0v) is 16.7. The third kappa shape index (κ3) is 4.17. The molecule has 0 radical (unpaired) electrons. The minimum Gasteiger partial charge on any atom is -0.493 e. The zero-order chi connectivity index (χ0) is 20.3. The van der Waals surface area contributed by atoms with Crippen molar-refractivity contribution in [3.05, 3.63) is 53.1 Å². The Morgan fingerprint density at radius 1 is 1.14 bits per heavy atom. The first kappa shape index (κ1) is 19.9. The average molecular weight is 382 g/mol. The van der Waals surface area contributed by atoms with E-state index in [-0.39, 0.29) is 24.3 Å². The molecule has 1 aliphatic heterocycles. The van der Waals surface area contributed by atoms with E-state index in [1.165, 1.54) is 12.5 Å². The van der Waals surface area contributed by atoms with E-state index in [1.54, 1.807) is 38.5 Å². The molecule has 28 heavy (non-hydrogen) atoms. The smallest absolute Gasteiger partial charge is 0.238 e. The van der Waals surface area contributed by atoms with Crippen molar-refractivity contribution in [3.63, 3.8) is 0 Å². The number of ether oxygens (including phenoxy) is 2. The quantitative estimate of drug-likeness (QED) is 0.775. The van der Waals surface area contributed by atoms with Gasteiger partial charge >= 0.3 is 0 Å². The second-order valence-electron chi connectivity index (χ2n) is 6.99. The van der Waals surface area contributed by atoms with E-state index < -0.39 is 0 Å². The lowest BCUT2D eigenvalue weighted by Crippen LogP contribution is -2.39. The number of hydrogen-bond donors (Lipinski definition) is 1. The van der Waals surface area contributed by atoms with Gasteiger partial charge in [0.25, 0.3) is 0 Å². The number of amides is 1. The van der Waals surface area contributed by atoms with E-state index in [4.69, 9.17) is 9.47 Å². The number of methoxy groups -OCH3 is 2. The highest BCUT2D eigenvalue weighted by molar-refractivity contribution is 5.97. The Labute approximate surface area is 165 Å². The van der Waals surface area contributed by atoms with Crippen molar-refractivity contribution in [3.8, 4) is 11.5 Å². The zero-order valence-electron chi connectivity index (χ0n) is 16.7. The SMILES string of the molecule is COc1cc2c(cc1OC)C(C)N(CC(=O)Nc1cccc(C(C)=O)c1)CC2. The molecule has 0 aromatic heterocycles. The summed E-state index contributed by atoms with van der Waals surface area (Å²) in [6, 6.07) is 11.1. The summed E-state index contributed by atoms with van der Waals surface area (Å²) in [6.45, 7) is 4.66. The van der Waals surface area contributed by atoms with Crippen molar-refractivity contribution < 1.29 is 19.1 Å². The molecule has 0 saturated carbocycles. The highest BCUT2D eigenvalue weighted by Crippen LogP contribution is 2.37. The standard InChI is InChI=1S/C22H26N2O4/c1-14-19-12-21(28-4)20(27-3)11-17(19)8-9-24(14)13-22(26)23-18-7-5-6-16(10-18)15(2)25/h5-7,10-12,14H,8-9,13H2,1-4H3,(H,23,26). The van der Waals surface area contributed by atoms with Gasteiger partial charge in [0.1, 0.15) is 0 Å². The summed E-state index contributed by atoms with van der Waals surface area (Å²) in [5, 5.41) is 2.89. The number of Topliss-reactive ketones (excluding diaryl/α,β-unsaturated/α-hetero) is 1. The third-order valence-corrected chi connectivity index (χ3v) is 5.21. The monoisotopic (exact) mass is 382 g/mol. The van der Waals surface area contributed by atoms with Crippen LogP contribution in [0.2, 0.25) is 0 Å². The first-order valence-corrected chi connectivity index (χ1v) is 9.32. The number of ketones is 1. The summed E-state index contributed by atoms with van der Waals surface area (Å²) in [6.07, 6.45) is 0.840. The third-order valence-electron chi connectivity index (χ3n) is 5.21. The maximum absolute atomic E-state index is 12.6. The second-order valence-corrected chi connectivity index (χ2v) is 6.99. The number of fused-ring (bicyclic) bond motifs is 1. The molecule has 1 unspecified atom stereocenters. The van der Waals surface area contributed by atoms with Crippen LogP contribution in [0.15, 0.2) is 36.4 Å². The fraction of sp³-hybridized carbons (Fsp3) is 0.364. The molecule has 0 spiro atoms. The Bertz CT molecular complexity index is 894. The fourth-order valence-corrected chi connectivity index (χ4v) is 3.61. The topological polar surface area (TPSA) is 67.9 Å². The number of rotatable bonds is 6. The van der Waals surface area contributed by atoms with Crippen molar-refractivity contribution in [2.24, 2.45) is 0 Å². The minimum absolute atomic E-state index is 0.0262. The molecule has 0 aliphatic carbocycles. The van der Waals surface area contributed by atoms with Crippen molar-refractivity contribution in [2.75, 3.05) is 32.6 Å². The van der Waals surface area contributed by atoms with Crippen LogP contribution >= 0.6 is 0 Å². The van der Waals surface area contributed by atoms with E-state index >= 15 is 0 Å². The summed E-state index contributed by atoms with van der Waals surface area (Å²) < 4.78 is 10.8. The molecule has 0 fully saturated rings. The Morgan fingerprint density at radius 2 is 1.86 bits per heavy atom. The van der Waals surface area contributed by atoms with Crippen LogP contribution in [0.5, 0.6) is 11.5 Å². The number of nitrogens with one attached hydrogen (secondary N) is 1. The molecular formula is C22H26N2O4.